The zero-order valence-electron chi connectivity index (χ0n) is 30.9. The van der Waals surface area contributed by atoms with Gasteiger partial charge in [0.1, 0.15) is 35.3 Å². The Bertz CT molecular complexity index is 1530. The molecule has 1 saturated heterocycles. The number of hydrogen-bond donors (Lipinski definition) is 5. The van der Waals surface area contributed by atoms with E-state index in [1.807, 2.05) is 26.8 Å². The minimum Gasteiger partial charge on any atom is -0.508 e. The van der Waals surface area contributed by atoms with E-state index in [9.17, 15) is 33.5 Å². The number of amides is 5. The molecule has 1 aliphatic heterocycles. The second-order valence-electron chi connectivity index (χ2n) is 15.1. The molecule has 0 aliphatic carbocycles. The van der Waals surface area contributed by atoms with E-state index in [0.29, 0.717) is 42.5 Å². The minimum absolute atomic E-state index is 0.00887. The van der Waals surface area contributed by atoms with Crippen LogP contribution in [0.1, 0.15) is 90.3 Å². The summed E-state index contributed by atoms with van der Waals surface area (Å²) in [5.41, 5.74) is 0.723. The molecule has 12 nitrogen and oxygen atoms in total. The number of likely N-dealkylation sites (N-methyl/N-ethyl adjacent to an activating group) is 1. The van der Waals surface area contributed by atoms with E-state index in [-0.39, 0.29) is 49.3 Å². The molecule has 1 heterocycles. The number of carbonyl (C=O) groups is 5. The molecule has 0 bridgehead atoms. The van der Waals surface area contributed by atoms with Crippen LogP contribution in [-0.2, 0) is 42.2 Å². The van der Waals surface area contributed by atoms with Gasteiger partial charge in [-0.15, -0.1) is 0 Å². The molecular weight excluding hydrogens is 657 g/mol. The zero-order chi connectivity index (χ0) is 37.9. The van der Waals surface area contributed by atoms with E-state index in [0.717, 1.165) is 0 Å². The van der Waals surface area contributed by atoms with E-state index >= 15 is 0 Å². The van der Waals surface area contributed by atoms with Crippen LogP contribution in [0.25, 0.3) is 0 Å². The summed E-state index contributed by atoms with van der Waals surface area (Å²) in [6, 6.07) is 7.31. The van der Waals surface area contributed by atoms with E-state index in [1.165, 1.54) is 36.2 Å². The van der Waals surface area contributed by atoms with Gasteiger partial charge in [-0.1, -0.05) is 45.0 Å². The fourth-order valence-corrected chi connectivity index (χ4v) is 5.79. The predicted octanol–water partition coefficient (Wildman–Crippen LogP) is 4.02. The quantitative estimate of drug-likeness (QED) is 0.290. The third kappa shape index (κ3) is 13.2. The molecule has 0 aromatic heterocycles. The average molecular weight is 712 g/mol. The van der Waals surface area contributed by atoms with Gasteiger partial charge in [-0.25, -0.2) is 9.18 Å². The maximum Gasteiger partial charge on any atom is 0.408 e. The first-order chi connectivity index (χ1) is 23.8. The lowest BCUT2D eigenvalue weighted by atomic mass is 9.84. The first-order valence-corrected chi connectivity index (χ1v) is 17.5. The number of nitrogens with one attached hydrogen (secondary N) is 4. The van der Waals surface area contributed by atoms with E-state index in [2.05, 4.69) is 21.3 Å². The van der Waals surface area contributed by atoms with Gasteiger partial charge in [-0.05, 0) is 86.8 Å². The number of aromatic hydroxyl groups is 1. The number of nitrogens with zero attached hydrogens (tertiary/aromatic N) is 1. The molecule has 5 N–H and O–H groups in total. The third-order valence-electron chi connectivity index (χ3n) is 8.51. The van der Waals surface area contributed by atoms with Gasteiger partial charge in [0.2, 0.25) is 23.6 Å². The minimum atomic E-state index is -1.18. The Morgan fingerprint density at radius 3 is 2.24 bits per heavy atom. The molecule has 5 amide bonds. The van der Waals surface area contributed by atoms with Gasteiger partial charge >= 0.3 is 6.09 Å². The van der Waals surface area contributed by atoms with E-state index < -0.39 is 53.4 Å². The standard InChI is InChI=1S/C38H54FN5O7/c1-37(2,3)27-21-25(15-18-31(27)45)23-28-33(47)41-20-10-12-32(46)40-19-9-8-11-30(34(48)42-28)44(7)35(49)29(43-36(50)51-38(4,5)6)22-24-13-16-26(39)17-14-24/h13-18,21,28-30,45H,8-12,19-20,22-23H2,1-7H3,(H,40,46)(H,41,47)(H,42,48)(H,43,50). The highest BCUT2D eigenvalue weighted by molar-refractivity contribution is 5.94. The van der Waals surface area contributed by atoms with Gasteiger partial charge in [0, 0.05) is 39.4 Å². The molecule has 2 aromatic rings. The van der Waals surface area contributed by atoms with Crippen LogP contribution in [0.4, 0.5) is 9.18 Å². The first kappa shape index (κ1) is 40.7. The Kier molecular flexibility index (Phi) is 14.4. The summed E-state index contributed by atoms with van der Waals surface area (Å²) >= 11 is 0. The lowest BCUT2D eigenvalue weighted by Crippen LogP contribution is -2.58. The zero-order valence-corrected chi connectivity index (χ0v) is 30.9. The molecule has 0 saturated carbocycles. The maximum atomic E-state index is 14.2. The van der Waals surface area contributed by atoms with Gasteiger partial charge in [0.15, 0.2) is 0 Å². The van der Waals surface area contributed by atoms with Gasteiger partial charge in [0.05, 0.1) is 0 Å². The van der Waals surface area contributed by atoms with Crippen LogP contribution in [0.3, 0.4) is 0 Å². The topological polar surface area (TPSA) is 166 Å². The average Bonchev–Trinajstić information content (AvgIpc) is 3.03. The summed E-state index contributed by atoms with van der Waals surface area (Å²) in [5, 5.41) is 21.7. The Hall–Kier alpha value is -4.68. The van der Waals surface area contributed by atoms with Crippen LogP contribution in [0.15, 0.2) is 42.5 Å². The largest absolute Gasteiger partial charge is 0.508 e. The Morgan fingerprint density at radius 1 is 0.941 bits per heavy atom. The monoisotopic (exact) mass is 711 g/mol. The van der Waals surface area contributed by atoms with Gasteiger partial charge in [0.25, 0.3) is 0 Å². The second kappa shape index (κ2) is 18.0. The summed E-state index contributed by atoms with van der Waals surface area (Å²) in [6.07, 6.45) is 1.08. The van der Waals surface area contributed by atoms with Crippen molar-refractivity contribution in [1.29, 1.82) is 0 Å². The van der Waals surface area contributed by atoms with Gasteiger partial charge in [-0.3, -0.25) is 19.2 Å². The van der Waals surface area contributed by atoms with Gasteiger partial charge < -0.3 is 36.0 Å². The molecule has 3 unspecified atom stereocenters. The van der Waals surface area contributed by atoms with E-state index in [1.54, 1.807) is 32.9 Å². The highest BCUT2D eigenvalue weighted by Gasteiger charge is 2.35. The molecule has 0 radical (unpaired) electrons. The fraction of sp³-hybridized carbons (Fsp3) is 0.553. The number of carbonyl (C=O) groups excluding carboxylic acids is 5. The normalized spacial score (nSPS) is 18.9. The number of rotatable bonds is 7. The Labute approximate surface area is 300 Å². The summed E-state index contributed by atoms with van der Waals surface area (Å²) < 4.78 is 19.1. The Morgan fingerprint density at radius 2 is 1.59 bits per heavy atom. The number of ether oxygens (including phenoxy) is 1. The van der Waals surface area contributed by atoms with Crippen LogP contribution in [0, 0.1) is 5.82 Å². The van der Waals surface area contributed by atoms with Crippen LogP contribution < -0.4 is 21.3 Å². The van der Waals surface area contributed by atoms with Crippen molar-refractivity contribution in [2.45, 2.75) is 116 Å². The number of halogens is 1. The molecule has 0 spiro atoms. The molecule has 2 aromatic carbocycles. The predicted molar refractivity (Wildman–Crippen MR) is 191 cm³/mol. The molecular formula is C38H54FN5O7. The van der Waals surface area contributed by atoms with Crippen molar-refractivity contribution < 1.29 is 38.2 Å². The van der Waals surface area contributed by atoms with Crippen LogP contribution >= 0.6 is 0 Å². The highest BCUT2D eigenvalue weighted by atomic mass is 19.1. The highest BCUT2D eigenvalue weighted by Crippen LogP contribution is 2.31. The van der Waals surface area contributed by atoms with E-state index in [4.69, 9.17) is 4.74 Å². The summed E-state index contributed by atoms with van der Waals surface area (Å²) in [7, 11) is 1.46. The number of alkyl carbamates (subject to hydrolysis) is 1. The molecule has 1 fully saturated rings. The summed E-state index contributed by atoms with van der Waals surface area (Å²) in [6.45, 7) is 11.5. The second-order valence-corrected chi connectivity index (χ2v) is 15.1. The summed E-state index contributed by atoms with van der Waals surface area (Å²) in [4.78, 5) is 68.4. The SMILES string of the molecule is CN(C(=O)C(Cc1ccc(F)cc1)NC(=O)OC(C)(C)C)C1CCCCNC(=O)CCCNC(=O)C(Cc2ccc(O)c(C(C)(C)C)c2)NC1=O. The molecule has 3 rings (SSSR count). The molecule has 1 aliphatic rings. The Balaban J connectivity index is 1.96. The molecule has 51 heavy (non-hydrogen) atoms. The number of benzene rings is 2. The van der Waals surface area contributed by atoms with Crippen LogP contribution in [0.2, 0.25) is 0 Å². The summed E-state index contributed by atoms with van der Waals surface area (Å²) in [5.74, 6) is -2.11. The smallest absolute Gasteiger partial charge is 0.408 e. The molecule has 3 atom stereocenters. The lowest BCUT2D eigenvalue weighted by Gasteiger charge is -2.32. The number of phenolic OH excluding ortho intramolecular Hbond substituents is 1. The first-order valence-electron chi connectivity index (χ1n) is 17.5. The number of phenols is 1. The van der Waals surface area contributed by atoms with Crippen molar-refractivity contribution in [3.8, 4) is 5.75 Å². The van der Waals surface area contributed by atoms with Crippen LogP contribution in [-0.4, -0.2) is 83.6 Å². The van der Waals surface area contributed by atoms with Crippen molar-refractivity contribution in [3.05, 3.63) is 65.0 Å². The maximum absolute atomic E-state index is 14.2. The number of hydrogen-bond acceptors (Lipinski definition) is 7. The van der Waals surface area contributed by atoms with Gasteiger partial charge in [-0.2, -0.15) is 0 Å². The van der Waals surface area contributed by atoms with Crippen molar-refractivity contribution in [2.75, 3.05) is 20.1 Å². The van der Waals surface area contributed by atoms with Crippen LogP contribution in [0.5, 0.6) is 5.75 Å². The van der Waals surface area contributed by atoms with Crippen molar-refractivity contribution in [3.63, 3.8) is 0 Å². The van der Waals surface area contributed by atoms with Crippen molar-refractivity contribution >= 4 is 29.7 Å². The molecule has 13 heteroatoms. The fourth-order valence-electron chi connectivity index (χ4n) is 5.79. The molecule has 280 valence electrons. The van der Waals surface area contributed by atoms with Crippen molar-refractivity contribution in [1.82, 2.24) is 26.2 Å². The van der Waals surface area contributed by atoms with Crippen molar-refractivity contribution in [2.24, 2.45) is 0 Å². The lowest BCUT2D eigenvalue weighted by molar-refractivity contribution is -0.141. The third-order valence-corrected chi connectivity index (χ3v) is 8.51.